The second-order valence-electron chi connectivity index (χ2n) is 4.85. The van der Waals surface area contributed by atoms with Gasteiger partial charge in [-0.15, -0.1) is 11.8 Å². The highest BCUT2D eigenvalue weighted by Crippen LogP contribution is 2.39. The lowest BCUT2D eigenvalue weighted by Gasteiger charge is -2.21. The summed E-state index contributed by atoms with van der Waals surface area (Å²) < 4.78 is 11.0. The predicted octanol–water partition coefficient (Wildman–Crippen LogP) is 2.76. The number of carboxylic acid groups (broad SMARTS) is 1. The van der Waals surface area contributed by atoms with Gasteiger partial charge in [-0.2, -0.15) is 0 Å². The molecule has 0 spiro atoms. The molecule has 0 aliphatic carbocycles. The van der Waals surface area contributed by atoms with Crippen LogP contribution >= 0.6 is 11.8 Å². The monoisotopic (exact) mass is 325 g/mol. The van der Waals surface area contributed by atoms with E-state index >= 15 is 0 Å². The van der Waals surface area contributed by atoms with Crippen LogP contribution < -0.4 is 14.8 Å². The molecular formula is C15H19NO5S. The van der Waals surface area contributed by atoms with Crippen molar-refractivity contribution >= 4 is 29.3 Å². The number of ether oxygens (including phenoxy) is 2. The number of hydrogen-bond acceptors (Lipinski definition) is 5. The van der Waals surface area contributed by atoms with Crippen molar-refractivity contribution in [1.29, 1.82) is 0 Å². The predicted molar refractivity (Wildman–Crippen MR) is 83.9 cm³/mol. The number of thioether (sulfide) groups is 1. The number of anilines is 1. The summed E-state index contributed by atoms with van der Waals surface area (Å²) in [6, 6.07) is 3.63. The van der Waals surface area contributed by atoms with Crippen LogP contribution in [0.2, 0.25) is 0 Å². The highest BCUT2D eigenvalue weighted by atomic mass is 32.2. The Kier molecular flexibility index (Phi) is 5.94. The maximum Gasteiger partial charge on any atom is 0.303 e. The zero-order valence-electron chi connectivity index (χ0n) is 12.4. The summed E-state index contributed by atoms with van der Waals surface area (Å²) in [4.78, 5) is 23.3. The summed E-state index contributed by atoms with van der Waals surface area (Å²) in [5.74, 6) is 0.356. The van der Waals surface area contributed by atoms with E-state index in [4.69, 9.17) is 14.6 Å². The number of carbonyl (C=O) groups excluding carboxylic acids is 1. The number of nitrogens with one attached hydrogen (secondary N) is 1. The van der Waals surface area contributed by atoms with Crippen LogP contribution in [0.3, 0.4) is 0 Å². The molecule has 1 aliphatic heterocycles. The first-order valence-corrected chi connectivity index (χ1v) is 8.32. The van der Waals surface area contributed by atoms with Crippen molar-refractivity contribution in [2.24, 2.45) is 0 Å². The SMILES string of the molecule is CSc1cc2c(cc1NC(=O)CCCCC(=O)O)OCCO2. The Morgan fingerprint density at radius 2 is 1.82 bits per heavy atom. The van der Waals surface area contributed by atoms with Crippen LogP contribution in [0.5, 0.6) is 11.5 Å². The zero-order valence-corrected chi connectivity index (χ0v) is 13.2. The van der Waals surface area contributed by atoms with Gasteiger partial charge in [0.15, 0.2) is 11.5 Å². The Balaban J connectivity index is 1.96. The van der Waals surface area contributed by atoms with Crippen molar-refractivity contribution in [2.75, 3.05) is 24.8 Å². The Labute approximate surface area is 133 Å². The number of rotatable bonds is 7. The lowest BCUT2D eigenvalue weighted by atomic mass is 10.2. The molecule has 1 aromatic rings. The fourth-order valence-corrected chi connectivity index (χ4v) is 2.67. The Hall–Kier alpha value is -1.89. The number of carbonyl (C=O) groups is 2. The molecule has 7 heteroatoms. The third-order valence-electron chi connectivity index (χ3n) is 3.18. The molecule has 0 radical (unpaired) electrons. The number of unbranched alkanes of at least 4 members (excludes halogenated alkanes) is 1. The maximum atomic E-state index is 12.0. The minimum atomic E-state index is -0.836. The van der Waals surface area contributed by atoms with Crippen LogP contribution in [0.15, 0.2) is 17.0 Å². The van der Waals surface area contributed by atoms with Gasteiger partial charge in [0.2, 0.25) is 5.91 Å². The van der Waals surface area contributed by atoms with E-state index in [9.17, 15) is 9.59 Å². The number of amides is 1. The largest absolute Gasteiger partial charge is 0.486 e. The van der Waals surface area contributed by atoms with E-state index in [1.807, 2.05) is 12.3 Å². The van der Waals surface area contributed by atoms with Crippen LogP contribution in [0.1, 0.15) is 25.7 Å². The van der Waals surface area contributed by atoms with Gasteiger partial charge in [-0.25, -0.2) is 0 Å². The molecule has 1 aliphatic rings. The Bertz CT molecular complexity index is 561. The molecule has 0 bridgehead atoms. The first-order chi connectivity index (χ1) is 10.6. The van der Waals surface area contributed by atoms with E-state index in [0.29, 0.717) is 49.7 Å². The molecular weight excluding hydrogens is 306 g/mol. The van der Waals surface area contributed by atoms with E-state index in [-0.39, 0.29) is 12.3 Å². The van der Waals surface area contributed by atoms with Gasteiger partial charge in [-0.3, -0.25) is 9.59 Å². The number of fused-ring (bicyclic) bond motifs is 1. The summed E-state index contributed by atoms with van der Waals surface area (Å²) in [6.07, 6.45) is 3.37. The van der Waals surface area contributed by atoms with Crippen molar-refractivity contribution in [2.45, 2.75) is 30.6 Å². The van der Waals surface area contributed by atoms with E-state index in [2.05, 4.69) is 5.32 Å². The van der Waals surface area contributed by atoms with Crippen LogP contribution in [-0.2, 0) is 9.59 Å². The Morgan fingerprint density at radius 3 is 2.45 bits per heavy atom. The fraction of sp³-hybridized carbons (Fsp3) is 0.467. The normalized spacial score (nSPS) is 12.8. The lowest BCUT2D eigenvalue weighted by Crippen LogP contribution is -2.17. The van der Waals surface area contributed by atoms with Gasteiger partial charge < -0.3 is 19.9 Å². The standard InChI is InChI=1S/C15H19NO5S/c1-22-13-9-12-11(20-6-7-21-12)8-10(13)16-14(17)4-2-3-5-15(18)19/h8-9H,2-7H2,1H3,(H,16,17)(H,18,19). The smallest absolute Gasteiger partial charge is 0.303 e. The third-order valence-corrected chi connectivity index (χ3v) is 3.96. The van der Waals surface area contributed by atoms with Crippen molar-refractivity contribution < 1.29 is 24.2 Å². The number of carboxylic acids is 1. The summed E-state index contributed by atoms with van der Waals surface area (Å²) in [5.41, 5.74) is 0.694. The van der Waals surface area contributed by atoms with E-state index in [1.54, 1.807) is 6.07 Å². The molecule has 0 saturated heterocycles. The molecule has 1 amide bonds. The van der Waals surface area contributed by atoms with Crippen molar-refractivity contribution in [3.63, 3.8) is 0 Å². The van der Waals surface area contributed by atoms with Gasteiger partial charge in [0.1, 0.15) is 13.2 Å². The van der Waals surface area contributed by atoms with E-state index in [0.717, 1.165) is 4.90 Å². The molecule has 0 fully saturated rings. The van der Waals surface area contributed by atoms with E-state index in [1.165, 1.54) is 11.8 Å². The lowest BCUT2D eigenvalue weighted by molar-refractivity contribution is -0.137. The number of aliphatic carboxylic acids is 1. The average molecular weight is 325 g/mol. The summed E-state index contributed by atoms with van der Waals surface area (Å²) in [5, 5.41) is 11.4. The molecule has 0 aromatic heterocycles. The minimum absolute atomic E-state index is 0.0906. The highest BCUT2D eigenvalue weighted by molar-refractivity contribution is 7.98. The number of hydrogen-bond donors (Lipinski definition) is 2. The molecule has 120 valence electrons. The van der Waals surface area contributed by atoms with E-state index < -0.39 is 5.97 Å². The molecule has 0 saturated carbocycles. The third kappa shape index (κ3) is 4.56. The second kappa shape index (κ2) is 7.93. The molecule has 1 aromatic carbocycles. The first-order valence-electron chi connectivity index (χ1n) is 7.09. The van der Waals surface area contributed by atoms with Crippen LogP contribution in [0.4, 0.5) is 5.69 Å². The fourth-order valence-electron chi connectivity index (χ4n) is 2.11. The van der Waals surface area contributed by atoms with Gasteiger partial charge in [0.25, 0.3) is 0 Å². The van der Waals surface area contributed by atoms with Gasteiger partial charge in [0.05, 0.1) is 5.69 Å². The molecule has 2 rings (SSSR count). The Morgan fingerprint density at radius 1 is 1.18 bits per heavy atom. The van der Waals surface area contributed by atoms with Crippen LogP contribution in [0, 0.1) is 0 Å². The molecule has 0 atom stereocenters. The topological polar surface area (TPSA) is 84.9 Å². The van der Waals surface area contributed by atoms with Gasteiger partial charge in [0, 0.05) is 23.8 Å². The molecule has 6 nitrogen and oxygen atoms in total. The van der Waals surface area contributed by atoms with Crippen molar-refractivity contribution in [1.82, 2.24) is 0 Å². The van der Waals surface area contributed by atoms with Crippen LogP contribution in [0.25, 0.3) is 0 Å². The zero-order chi connectivity index (χ0) is 15.9. The summed E-state index contributed by atoms with van der Waals surface area (Å²) >= 11 is 1.51. The van der Waals surface area contributed by atoms with Gasteiger partial charge in [-0.1, -0.05) is 0 Å². The summed E-state index contributed by atoms with van der Waals surface area (Å²) in [6.45, 7) is 1.02. The minimum Gasteiger partial charge on any atom is -0.486 e. The molecule has 1 heterocycles. The van der Waals surface area contributed by atoms with Crippen molar-refractivity contribution in [3.05, 3.63) is 12.1 Å². The molecule has 2 N–H and O–H groups in total. The van der Waals surface area contributed by atoms with Gasteiger partial charge >= 0.3 is 5.97 Å². The molecule has 0 unspecified atom stereocenters. The number of benzene rings is 1. The average Bonchev–Trinajstić information content (AvgIpc) is 2.50. The quantitative estimate of drug-likeness (QED) is 0.592. The molecule has 22 heavy (non-hydrogen) atoms. The summed E-state index contributed by atoms with van der Waals surface area (Å²) in [7, 11) is 0. The first kappa shape index (κ1) is 16.5. The second-order valence-corrected chi connectivity index (χ2v) is 5.69. The van der Waals surface area contributed by atoms with Crippen molar-refractivity contribution in [3.8, 4) is 11.5 Å². The highest BCUT2D eigenvalue weighted by Gasteiger charge is 2.16. The van der Waals surface area contributed by atoms with Crippen LogP contribution in [-0.4, -0.2) is 36.5 Å². The van der Waals surface area contributed by atoms with Gasteiger partial charge in [-0.05, 0) is 25.2 Å². The maximum absolute atomic E-state index is 12.0.